The van der Waals surface area contributed by atoms with E-state index in [2.05, 4.69) is 15.7 Å². The van der Waals surface area contributed by atoms with Crippen LogP contribution in [0.25, 0.3) is 0 Å². The molecule has 1 aliphatic heterocycles. The van der Waals surface area contributed by atoms with Gasteiger partial charge in [0, 0.05) is 20.1 Å². The van der Waals surface area contributed by atoms with Gasteiger partial charge in [0.1, 0.15) is 12.6 Å². The normalized spacial score (nSPS) is 17.8. The third-order valence-electron chi connectivity index (χ3n) is 3.89. The number of aromatic nitrogens is 2. The topological polar surface area (TPSA) is 96.3 Å². The average Bonchev–Trinajstić information content (AvgIpc) is 2.76. The molecule has 1 atom stereocenters. The van der Waals surface area contributed by atoms with E-state index in [1.165, 1.54) is 16.6 Å². The fourth-order valence-corrected chi connectivity index (χ4v) is 2.68. The van der Waals surface area contributed by atoms with Crippen LogP contribution in [0.5, 0.6) is 0 Å². The van der Waals surface area contributed by atoms with Crippen molar-refractivity contribution >= 4 is 29.3 Å². The molecule has 0 radical (unpaired) electrons. The van der Waals surface area contributed by atoms with E-state index in [1.54, 1.807) is 13.8 Å². The number of hydrogen-bond acceptors (Lipinski definition) is 4. The second kappa shape index (κ2) is 6.99. The number of carbonyl (C=O) groups is 3. The van der Waals surface area contributed by atoms with Crippen LogP contribution in [0.2, 0.25) is 5.02 Å². The molecule has 2 heterocycles. The molecular weight excluding hydrogens is 322 g/mol. The van der Waals surface area contributed by atoms with Gasteiger partial charge >= 0.3 is 0 Å². The second-order valence-electron chi connectivity index (χ2n) is 5.41. The molecule has 23 heavy (non-hydrogen) atoms. The summed E-state index contributed by atoms with van der Waals surface area (Å²) in [5.74, 6) is -0.880. The average molecular weight is 342 g/mol. The minimum absolute atomic E-state index is 0.0169. The second-order valence-corrected chi connectivity index (χ2v) is 5.79. The van der Waals surface area contributed by atoms with Crippen molar-refractivity contribution in [3.63, 3.8) is 0 Å². The highest BCUT2D eigenvalue weighted by molar-refractivity contribution is 6.31. The lowest BCUT2D eigenvalue weighted by atomic mass is 10.1. The molecule has 1 saturated heterocycles. The van der Waals surface area contributed by atoms with E-state index in [1.807, 2.05) is 0 Å². The van der Waals surface area contributed by atoms with Crippen molar-refractivity contribution in [2.75, 3.05) is 20.1 Å². The Morgan fingerprint density at radius 3 is 2.70 bits per heavy atom. The number of piperazine rings is 1. The first kappa shape index (κ1) is 17.3. The lowest BCUT2D eigenvalue weighted by Crippen LogP contribution is -2.58. The molecule has 1 fully saturated rings. The minimum atomic E-state index is -0.802. The van der Waals surface area contributed by atoms with E-state index in [-0.39, 0.29) is 30.7 Å². The van der Waals surface area contributed by atoms with Gasteiger partial charge in [-0.3, -0.25) is 19.1 Å². The summed E-state index contributed by atoms with van der Waals surface area (Å²) < 4.78 is 1.52. The van der Waals surface area contributed by atoms with Crippen molar-refractivity contribution in [3.05, 3.63) is 16.4 Å². The molecule has 1 aliphatic rings. The zero-order valence-electron chi connectivity index (χ0n) is 13.4. The van der Waals surface area contributed by atoms with Crippen molar-refractivity contribution in [1.82, 2.24) is 25.3 Å². The van der Waals surface area contributed by atoms with E-state index < -0.39 is 6.04 Å². The standard InChI is InChI=1S/C14H20ClN5O3/c1-8-13(15)9(2)20(18-8)7-12(22)19-5-4-17-14(23)10(19)6-11(21)16-3/h10H,4-7H2,1-3H3,(H,16,21)(H,17,23)/t10-/m0/s1. The SMILES string of the molecule is CNC(=O)C[C@H]1C(=O)NCCN1C(=O)Cn1nc(C)c(Cl)c1C. The molecule has 0 saturated carbocycles. The summed E-state index contributed by atoms with van der Waals surface area (Å²) in [6, 6.07) is -0.802. The Balaban J connectivity index is 2.16. The number of nitrogens with one attached hydrogen (secondary N) is 2. The molecule has 2 rings (SSSR count). The zero-order valence-corrected chi connectivity index (χ0v) is 14.1. The highest BCUT2D eigenvalue weighted by Crippen LogP contribution is 2.19. The molecule has 1 aromatic rings. The van der Waals surface area contributed by atoms with Gasteiger partial charge in [0.15, 0.2) is 0 Å². The highest BCUT2D eigenvalue weighted by atomic mass is 35.5. The molecule has 8 nitrogen and oxygen atoms in total. The molecular formula is C14H20ClN5O3. The third-order valence-corrected chi connectivity index (χ3v) is 4.43. The summed E-state index contributed by atoms with van der Waals surface area (Å²) in [7, 11) is 1.49. The lowest BCUT2D eigenvalue weighted by molar-refractivity contribution is -0.145. The van der Waals surface area contributed by atoms with Gasteiger partial charge in [-0.2, -0.15) is 5.10 Å². The summed E-state index contributed by atoms with van der Waals surface area (Å²) in [6.07, 6.45) is -0.0635. The molecule has 3 amide bonds. The van der Waals surface area contributed by atoms with Gasteiger partial charge in [0.2, 0.25) is 17.7 Å². The lowest BCUT2D eigenvalue weighted by Gasteiger charge is -2.34. The smallest absolute Gasteiger partial charge is 0.245 e. The molecule has 0 aromatic carbocycles. The Morgan fingerprint density at radius 1 is 1.43 bits per heavy atom. The zero-order chi connectivity index (χ0) is 17.1. The van der Waals surface area contributed by atoms with Crippen LogP contribution in [-0.2, 0) is 20.9 Å². The van der Waals surface area contributed by atoms with Crippen LogP contribution in [0, 0.1) is 13.8 Å². The monoisotopic (exact) mass is 341 g/mol. The van der Waals surface area contributed by atoms with Gasteiger partial charge in [-0.15, -0.1) is 0 Å². The fourth-order valence-electron chi connectivity index (χ4n) is 2.54. The third kappa shape index (κ3) is 3.64. The summed E-state index contributed by atoms with van der Waals surface area (Å²) >= 11 is 6.08. The van der Waals surface area contributed by atoms with E-state index in [4.69, 9.17) is 11.6 Å². The molecule has 0 aliphatic carbocycles. The van der Waals surface area contributed by atoms with E-state index in [0.29, 0.717) is 29.5 Å². The number of amides is 3. The van der Waals surface area contributed by atoms with Gasteiger partial charge in [0.25, 0.3) is 0 Å². The van der Waals surface area contributed by atoms with E-state index in [9.17, 15) is 14.4 Å². The Morgan fingerprint density at radius 2 is 2.13 bits per heavy atom. The van der Waals surface area contributed by atoms with E-state index in [0.717, 1.165) is 0 Å². The first-order valence-corrected chi connectivity index (χ1v) is 7.70. The number of carbonyl (C=O) groups excluding carboxylic acids is 3. The predicted octanol–water partition coefficient (Wildman–Crippen LogP) is -0.384. The van der Waals surface area contributed by atoms with Crippen LogP contribution in [-0.4, -0.2) is 58.6 Å². The molecule has 0 bridgehead atoms. The van der Waals surface area contributed by atoms with Crippen LogP contribution >= 0.6 is 11.6 Å². The maximum Gasteiger partial charge on any atom is 0.245 e. The number of halogens is 1. The first-order chi connectivity index (χ1) is 10.8. The largest absolute Gasteiger partial charge is 0.359 e. The van der Waals surface area contributed by atoms with Gasteiger partial charge < -0.3 is 15.5 Å². The van der Waals surface area contributed by atoms with Crippen LogP contribution in [0.15, 0.2) is 0 Å². The number of rotatable bonds is 4. The molecule has 2 N–H and O–H groups in total. The Labute approximate surface area is 139 Å². The molecule has 0 unspecified atom stereocenters. The van der Waals surface area contributed by atoms with Crippen LogP contribution in [0.3, 0.4) is 0 Å². The molecule has 126 valence electrons. The van der Waals surface area contributed by atoms with Crippen molar-refractivity contribution < 1.29 is 14.4 Å². The summed E-state index contributed by atoms with van der Waals surface area (Å²) in [4.78, 5) is 37.6. The Hall–Kier alpha value is -2.09. The summed E-state index contributed by atoms with van der Waals surface area (Å²) in [5.41, 5.74) is 1.34. The molecule has 1 aromatic heterocycles. The van der Waals surface area contributed by atoms with Crippen molar-refractivity contribution in [2.24, 2.45) is 0 Å². The number of nitrogens with zero attached hydrogens (tertiary/aromatic N) is 3. The maximum atomic E-state index is 12.6. The van der Waals surface area contributed by atoms with Gasteiger partial charge in [-0.05, 0) is 13.8 Å². The van der Waals surface area contributed by atoms with Crippen LogP contribution in [0.4, 0.5) is 0 Å². The summed E-state index contributed by atoms with van der Waals surface area (Å²) in [6.45, 7) is 4.25. The molecule has 9 heteroatoms. The molecule has 0 spiro atoms. The predicted molar refractivity (Wildman–Crippen MR) is 83.9 cm³/mol. The van der Waals surface area contributed by atoms with Crippen molar-refractivity contribution in [3.8, 4) is 0 Å². The minimum Gasteiger partial charge on any atom is -0.359 e. The maximum absolute atomic E-state index is 12.6. The fraction of sp³-hybridized carbons (Fsp3) is 0.571. The first-order valence-electron chi connectivity index (χ1n) is 7.32. The van der Waals surface area contributed by atoms with Gasteiger partial charge in [0.05, 0.1) is 22.8 Å². The van der Waals surface area contributed by atoms with Gasteiger partial charge in [-0.25, -0.2) is 0 Å². The van der Waals surface area contributed by atoms with Crippen molar-refractivity contribution in [1.29, 1.82) is 0 Å². The highest BCUT2D eigenvalue weighted by Gasteiger charge is 2.34. The number of aryl methyl sites for hydroxylation is 1. The Kier molecular flexibility index (Phi) is 5.25. The van der Waals surface area contributed by atoms with Gasteiger partial charge in [-0.1, -0.05) is 11.6 Å². The number of hydrogen-bond donors (Lipinski definition) is 2. The van der Waals surface area contributed by atoms with E-state index >= 15 is 0 Å². The quantitative estimate of drug-likeness (QED) is 0.780. The summed E-state index contributed by atoms with van der Waals surface area (Å²) in [5, 5.41) is 9.90. The van der Waals surface area contributed by atoms with Crippen molar-refractivity contribution in [2.45, 2.75) is 32.9 Å². The van der Waals surface area contributed by atoms with Crippen LogP contribution in [0.1, 0.15) is 17.8 Å². The van der Waals surface area contributed by atoms with Crippen LogP contribution < -0.4 is 10.6 Å². The Bertz CT molecular complexity index is 643.